The second-order valence-corrected chi connectivity index (χ2v) is 6.93. The zero-order chi connectivity index (χ0) is 23.8. The highest BCUT2D eigenvalue weighted by Gasteiger charge is 1.99. The molecule has 33 heavy (non-hydrogen) atoms. The molecule has 0 aliphatic heterocycles. The molecule has 0 saturated carbocycles. The van der Waals surface area contributed by atoms with Crippen LogP contribution in [0.1, 0.15) is 13.0 Å². The first kappa shape index (κ1) is 29.7. The average molecular weight is 472 g/mol. The molecule has 0 fully saturated rings. The van der Waals surface area contributed by atoms with Gasteiger partial charge >= 0.3 is 0 Å². The van der Waals surface area contributed by atoms with Crippen LogP contribution in [0.15, 0.2) is 72.8 Å². The van der Waals surface area contributed by atoms with Gasteiger partial charge in [-0.3, -0.25) is 0 Å². The second kappa shape index (κ2) is 17.3. The van der Waals surface area contributed by atoms with E-state index in [1.807, 2.05) is 60.7 Å². The standard InChI is InChI=1S/C15H16N2OS.C7H9NO.C2H8N2.CH4/c1-11-3-5-12(6-4-11)16-15(19)17-13-7-9-14(18-2)10-8-13;1-9-7-4-2-6(8)3-5-7;3-1-2-4;/h3-10H,1-2H3,(H2,16,17,19);2-5H,8H2,1H3;1-4H2;1H4. The molecular weight excluding hydrogens is 434 g/mol. The highest BCUT2D eigenvalue weighted by atomic mass is 32.1. The molecule has 0 aromatic heterocycles. The molecule has 8 N–H and O–H groups in total. The van der Waals surface area contributed by atoms with Crippen LogP contribution in [0.25, 0.3) is 0 Å². The Morgan fingerprint density at radius 2 is 1.09 bits per heavy atom. The van der Waals surface area contributed by atoms with E-state index in [4.69, 9.17) is 38.9 Å². The largest absolute Gasteiger partial charge is 0.497 e. The fourth-order valence-electron chi connectivity index (χ4n) is 2.21. The van der Waals surface area contributed by atoms with Crippen molar-refractivity contribution in [1.29, 1.82) is 0 Å². The van der Waals surface area contributed by atoms with Gasteiger partial charge in [-0.05, 0) is 79.8 Å². The first-order chi connectivity index (χ1) is 15.4. The van der Waals surface area contributed by atoms with Crippen LogP contribution in [0.3, 0.4) is 0 Å². The summed E-state index contributed by atoms with van der Waals surface area (Å²) < 4.78 is 10.0. The van der Waals surface area contributed by atoms with Crippen LogP contribution < -0.4 is 37.3 Å². The fraction of sp³-hybridized carbons (Fsp3) is 0.240. The topological polar surface area (TPSA) is 121 Å². The van der Waals surface area contributed by atoms with Crippen molar-refractivity contribution in [3.05, 3.63) is 78.4 Å². The van der Waals surface area contributed by atoms with E-state index in [1.165, 1.54) is 5.56 Å². The van der Waals surface area contributed by atoms with Crippen LogP contribution in [-0.2, 0) is 0 Å². The summed E-state index contributed by atoms with van der Waals surface area (Å²) in [5.41, 5.74) is 19.1. The van der Waals surface area contributed by atoms with Gasteiger partial charge in [0.25, 0.3) is 0 Å². The number of thiocarbonyl (C=S) groups is 1. The van der Waals surface area contributed by atoms with E-state index < -0.39 is 0 Å². The maximum atomic E-state index is 5.43. The molecule has 0 amide bonds. The lowest BCUT2D eigenvalue weighted by Crippen LogP contribution is -2.18. The number of aryl methyl sites for hydroxylation is 1. The number of methoxy groups -OCH3 is 2. The summed E-state index contributed by atoms with van der Waals surface area (Å²) in [7, 11) is 3.28. The maximum absolute atomic E-state index is 5.43. The van der Waals surface area contributed by atoms with Crippen molar-refractivity contribution in [3.8, 4) is 11.5 Å². The minimum absolute atomic E-state index is 0. The summed E-state index contributed by atoms with van der Waals surface area (Å²) >= 11 is 5.26. The van der Waals surface area contributed by atoms with Crippen LogP contribution >= 0.6 is 12.2 Å². The Morgan fingerprint density at radius 3 is 1.45 bits per heavy atom. The smallest absolute Gasteiger partial charge is 0.175 e. The Balaban J connectivity index is 0.000000610. The lowest BCUT2D eigenvalue weighted by molar-refractivity contribution is 0.415. The van der Waals surface area contributed by atoms with Crippen molar-refractivity contribution in [1.82, 2.24) is 0 Å². The number of ether oxygens (including phenoxy) is 2. The molecule has 7 nitrogen and oxygen atoms in total. The molecule has 0 heterocycles. The van der Waals surface area contributed by atoms with E-state index >= 15 is 0 Å². The molecule has 3 rings (SSSR count). The summed E-state index contributed by atoms with van der Waals surface area (Å²) in [6, 6.07) is 22.9. The molecular formula is C25H37N5O2S. The zero-order valence-electron chi connectivity index (χ0n) is 18.8. The average Bonchev–Trinajstić information content (AvgIpc) is 2.82. The van der Waals surface area contributed by atoms with Gasteiger partial charge in [0.15, 0.2) is 5.11 Å². The van der Waals surface area contributed by atoms with Crippen molar-refractivity contribution >= 4 is 34.4 Å². The van der Waals surface area contributed by atoms with E-state index in [9.17, 15) is 0 Å². The van der Waals surface area contributed by atoms with Crippen molar-refractivity contribution < 1.29 is 9.47 Å². The molecule has 180 valence electrons. The van der Waals surface area contributed by atoms with Gasteiger partial charge < -0.3 is 37.3 Å². The van der Waals surface area contributed by atoms with Crippen molar-refractivity contribution in [3.63, 3.8) is 0 Å². The summed E-state index contributed by atoms with van der Waals surface area (Å²) in [4.78, 5) is 0. The lowest BCUT2D eigenvalue weighted by Gasteiger charge is -2.11. The quantitative estimate of drug-likeness (QED) is 0.270. The number of rotatable bonds is 5. The first-order valence-corrected chi connectivity index (χ1v) is 10.4. The summed E-state index contributed by atoms with van der Waals surface area (Å²) in [6.07, 6.45) is 0. The highest BCUT2D eigenvalue weighted by molar-refractivity contribution is 7.80. The number of hydrogen-bond acceptors (Lipinski definition) is 6. The molecule has 3 aromatic carbocycles. The Hall–Kier alpha value is -3.33. The Labute approximate surface area is 203 Å². The van der Waals surface area contributed by atoms with Gasteiger partial charge in [0, 0.05) is 30.2 Å². The number of benzene rings is 3. The first-order valence-electron chi connectivity index (χ1n) is 10.00. The molecule has 0 spiro atoms. The van der Waals surface area contributed by atoms with Gasteiger partial charge in [-0.25, -0.2) is 0 Å². The Bertz CT molecular complexity index is 900. The third-order valence-corrected chi connectivity index (χ3v) is 4.14. The number of nitrogens with one attached hydrogen (secondary N) is 2. The number of anilines is 3. The van der Waals surface area contributed by atoms with Crippen LogP contribution in [0.5, 0.6) is 11.5 Å². The predicted octanol–water partition coefficient (Wildman–Crippen LogP) is 4.63. The second-order valence-electron chi connectivity index (χ2n) is 6.52. The van der Waals surface area contributed by atoms with Gasteiger partial charge in [0.1, 0.15) is 11.5 Å². The molecule has 0 radical (unpaired) electrons. The Morgan fingerprint density at radius 1 is 0.727 bits per heavy atom. The number of nitrogens with two attached hydrogens (primary N) is 3. The third kappa shape index (κ3) is 13.0. The SMILES string of the molecule is C.COc1ccc(N)cc1.COc1ccc(NC(=S)Nc2ccc(C)cc2)cc1.NCCN. The van der Waals surface area contributed by atoms with Gasteiger partial charge in [-0.2, -0.15) is 0 Å². The van der Waals surface area contributed by atoms with Crippen LogP contribution in [0, 0.1) is 6.92 Å². The van der Waals surface area contributed by atoms with Crippen LogP contribution in [-0.4, -0.2) is 32.4 Å². The molecule has 0 unspecified atom stereocenters. The third-order valence-electron chi connectivity index (χ3n) is 3.94. The molecule has 0 aliphatic carbocycles. The normalized spacial score (nSPS) is 9.00. The molecule has 0 atom stereocenters. The van der Waals surface area contributed by atoms with E-state index in [0.717, 1.165) is 28.6 Å². The number of nitrogen functional groups attached to an aromatic ring is 1. The monoisotopic (exact) mass is 471 g/mol. The van der Waals surface area contributed by atoms with E-state index in [-0.39, 0.29) is 7.43 Å². The minimum Gasteiger partial charge on any atom is -0.497 e. The lowest BCUT2D eigenvalue weighted by atomic mass is 10.2. The summed E-state index contributed by atoms with van der Waals surface area (Å²) in [5.74, 6) is 1.66. The molecule has 0 bridgehead atoms. The van der Waals surface area contributed by atoms with Gasteiger partial charge in [-0.15, -0.1) is 0 Å². The van der Waals surface area contributed by atoms with E-state index in [1.54, 1.807) is 26.4 Å². The molecule has 0 saturated heterocycles. The van der Waals surface area contributed by atoms with Crippen molar-refractivity contribution in [2.24, 2.45) is 11.5 Å². The fourth-order valence-corrected chi connectivity index (χ4v) is 2.44. The number of hydrogen-bond donors (Lipinski definition) is 5. The van der Waals surface area contributed by atoms with E-state index in [2.05, 4.69) is 17.6 Å². The highest BCUT2D eigenvalue weighted by Crippen LogP contribution is 2.16. The predicted molar refractivity (Wildman–Crippen MR) is 146 cm³/mol. The summed E-state index contributed by atoms with van der Waals surface area (Å²) in [6.45, 7) is 3.25. The minimum atomic E-state index is 0. The molecule has 0 aliphatic rings. The van der Waals surface area contributed by atoms with Gasteiger partial charge in [-0.1, -0.05) is 25.1 Å². The molecule has 8 heteroatoms. The van der Waals surface area contributed by atoms with Crippen LogP contribution in [0.2, 0.25) is 0 Å². The van der Waals surface area contributed by atoms with Gasteiger partial charge in [0.05, 0.1) is 14.2 Å². The van der Waals surface area contributed by atoms with Crippen molar-refractivity contribution in [2.45, 2.75) is 14.4 Å². The van der Waals surface area contributed by atoms with Crippen molar-refractivity contribution in [2.75, 3.05) is 43.7 Å². The molecule has 3 aromatic rings. The summed E-state index contributed by atoms with van der Waals surface area (Å²) in [5, 5.41) is 6.82. The zero-order valence-corrected chi connectivity index (χ0v) is 19.6. The Kier molecular flexibility index (Phi) is 15.5. The maximum Gasteiger partial charge on any atom is 0.175 e. The van der Waals surface area contributed by atoms with E-state index in [0.29, 0.717) is 18.2 Å². The van der Waals surface area contributed by atoms with Crippen LogP contribution in [0.4, 0.5) is 17.1 Å². The van der Waals surface area contributed by atoms with Gasteiger partial charge in [0.2, 0.25) is 0 Å².